The first-order valence-corrected chi connectivity index (χ1v) is 10.2. The molecule has 4 aromatic rings. The van der Waals surface area contributed by atoms with Gasteiger partial charge in [0.1, 0.15) is 0 Å². The Labute approximate surface area is 178 Å². The third kappa shape index (κ3) is 2.81. The number of para-hydroxylation sites is 2. The molecule has 4 aromatic carbocycles. The topological polar surface area (TPSA) is 3.24 Å². The van der Waals surface area contributed by atoms with Crippen LogP contribution in [-0.2, 0) is 5.41 Å². The van der Waals surface area contributed by atoms with Gasteiger partial charge in [-0.3, -0.25) is 5.92 Å². The highest BCUT2D eigenvalue weighted by atomic mass is 15.1. The van der Waals surface area contributed by atoms with E-state index < -0.39 is 0 Å². The maximum absolute atomic E-state index is 7.52. The summed E-state index contributed by atoms with van der Waals surface area (Å²) in [6, 6.07) is 34.0. The molecule has 0 atom stereocenters. The monoisotopic (exact) mass is 384 g/mol. The lowest BCUT2D eigenvalue weighted by molar-refractivity contribution is 0.660. The second kappa shape index (κ2) is 6.94. The predicted molar refractivity (Wildman–Crippen MR) is 125 cm³/mol. The van der Waals surface area contributed by atoms with Crippen LogP contribution in [-0.4, -0.2) is 0 Å². The van der Waals surface area contributed by atoms with Crippen LogP contribution in [0.25, 0.3) is 11.1 Å². The summed E-state index contributed by atoms with van der Waals surface area (Å²) in [5, 5.41) is 0. The molecule has 30 heavy (non-hydrogen) atoms. The Hall–Kier alpha value is -3.76. The van der Waals surface area contributed by atoms with Crippen LogP contribution in [0.2, 0.25) is 0 Å². The van der Waals surface area contributed by atoms with Crippen molar-refractivity contribution in [2.45, 2.75) is 19.3 Å². The van der Waals surface area contributed by atoms with Crippen LogP contribution in [0.15, 0.2) is 97.1 Å². The number of nitrogens with zero attached hydrogens (tertiary/aromatic N) is 1. The van der Waals surface area contributed by atoms with E-state index in [1.165, 1.54) is 22.3 Å². The van der Waals surface area contributed by atoms with Crippen LogP contribution in [0.5, 0.6) is 0 Å². The normalized spacial score (nSPS) is 13.2. The lowest BCUT2D eigenvalue weighted by Crippen LogP contribution is -2.16. The van der Waals surface area contributed by atoms with Gasteiger partial charge in [0.2, 0.25) is 0 Å². The average molecular weight is 385 g/mol. The van der Waals surface area contributed by atoms with Crippen LogP contribution >= 0.6 is 0 Å². The second-order valence-corrected chi connectivity index (χ2v) is 8.25. The van der Waals surface area contributed by atoms with E-state index in [0.29, 0.717) is 0 Å². The first kappa shape index (κ1) is 18.3. The lowest BCUT2D eigenvalue weighted by atomic mass is 9.82. The van der Waals surface area contributed by atoms with Crippen molar-refractivity contribution >= 4 is 17.1 Å². The molecule has 1 aliphatic carbocycles. The second-order valence-electron chi connectivity index (χ2n) is 8.25. The molecular formula is C29H22N-. The smallest absolute Gasteiger partial charge is 0.0465 e. The maximum Gasteiger partial charge on any atom is 0.0465 e. The first-order valence-electron chi connectivity index (χ1n) is 10.2. The predicted octanol–water partition coefficient (Wildman–Crippen LogP) is 7.40. The molecule has 144 valence electrons. The third-order valence-corrected chi connectivity index (χ3v) is 6.09. The van der Waals surface area contributed by atoms with E-state index in [9.17, 15) is 0 Å². The van der Waals surface area contributed by atoms with Crippen LogP contribution < -0.4 is 4.90 Å². The van der Waals surface area contributed by atoms with Crippen molar-refractivity contribution in [2.75, 3.05) is 4.90 Å². The summed E-state index contributed by atoms with van der Waals surface area (Å²) in [7, 11) is 0. The van der Waals surface area contributed by atoms with E-state index >= 15 is 0 Å². The minimum absolute atomic E-state index is 0.132. The molecule has 0 unspecified atom stereocenters. The van der Waals surface area contributed by atoms with Gasteiger partial charge in [-0.2, -0.15) is 0 Å². The van der Waals surface area contributed by atoms with Crippen molar-refractivity contribution in [2.24, 2.45) is 0 Å². The molecule has 0 N–H and O–H groups in total. The maximum atomic E-state index is 7.52. The van der Waals surface area contributed by atoms with Crippen LogP contribution in [0.3, 0.4) is 0 Å². The van der Waals surface area contributed by atoms with Crippen LogP contribution in [0.4, 0.5) is 17.1 Å². The summed E-state index contributed by atoms with van der Waals surface area (Å²) in [6.07, 6.45) is 7.52. The Morgan fingerprint density at radius 3 is 1.73 bits per heavy atom. The van der Waals surface area contributed by atoms with Crippen molar-refractivity contribution in [3.05, 3.63) is 120 Å². The molecule has 1 heteroatoms. The number of fused-ring (bicyclic) bond motifs is 3. The van der Waals surface area contributed by atoms with Gasteiger partial charge in [0.15, 0.2) is 0 Å². The third-order valence-electron chi connectivity index (χ3n) is 6.09. The van der Waals surface area contributed by atoms with Gasteiger partial charge in [0, 0.05) is 22.5 Å². The fraction of sp³-hybridized carbons (Fsp3) is 0.103. The van der Waals surface area contributed by atoms with E-state index in [1.54, 1.807) is 0 Å². The van der Waals surface area contributed by atoms with Crippen molar-refractivity contribution in [3.63, 3.8) is 0 Å². The van der Waals surface area contributed by atoms with Crippen molar-refractivity contribution in [1.29, 1.82) is 0 Å². The molecule has 0 amide bonds. The van der Waals surface area contributed by atoms with Gasteiger partial charge in [0.25, 0.3) is 0 Å². The van der Waals surface area contributed by atoms with Gasteiger partial charge >= 0.3 is 0 Å². The number of hydrogen-bond acceptors (Lipinski definition) is 1. The molecule has 0 saturated heterocycles. The van der Waals surface area contributed by atoms with Gasteiger partial charge in [0.05, 0.1) is 0 Å². The molecule has 0 spiro atoms. The summed E-state index contributed by atoms with van der Waals surface area (Å²) in [5.41, 5.74) is 9.22. The molecule has 0 aromatic heterocycles. The van der Waals surface area contributed by atoms with E-state index in [-0.39, 0.29) is 5.41 Å². The number of rotatable bonds is 3. The van der Waals surface area contributed by atoms with Crippen LogP contribution in [0, 0.1) is 12.3 Å². The summed E-state index contributed by atoms with van der Waals surface area (Å²) >= 11 is 0. The molecule has 0 radical (unpaired) electrons. The Balaban J connectivity index is 1.69. The van der Waals surface area contributed by atoms with E-state index in [2.05, 4.69) is 104 Å². The Kier molecular flexibility index (Phi) is 4.23. The first-order chi connectivity index (χ1) is 14.6. The zero-order valence-electron chi connectivity index (χ0n) is 17.2. The van der Waals surface area contributed by atoms with Gasteiger partial charge in [-0.25, -0.2) is 0 Å². The minimum Gasteiger partial charge on any atom is -0.366 e. The highest BCUT2D eigenvalue weighted by Crippen LogP contribution is 2.50. The van der Waals surface area contributed by atoms with Crippen LogP contribution in [0.1, 0.15) is 30.5 Å². The Bertz CT molecular complexity index is 1220. The van der Waals surface area contributed by atoms with Crippen molar-refractivity contribution in [3.8, 4) is 17.0 Å². The van der Waals surface area contributed by atoms with E-state index in [1.807, 2.05) is 18.2 Å². The standard InChI is InChI=1S/C29H22N/c1-4-21-15-17-25-26-18-16-24(20-28(26)29(2,3)27(25)19-21)30(22-11-7-5-8-12-22)23-13-9-6-10-14-23/h5-20H,2-3H3/q-1. The molecule has 0 saturated carbocycles. The van der Waals surface area contributed by atoms with Crippen molar-refractivity contribution in [1.82, 2.24) is 0 Å². The highest BCUT2D eigenvalue weighted by molar-refractivity contribution is 5.85. The molecule has 0 bridgehead atoms. The lowest BCUT2D eigenvalue weighted by Gasteiger charge is -2.28. The SMILES string of the molecule is [C-]#Cc1ccc2c(c1)C(C)(C)c1cc(N(c3ccccc3)c3ccccc3)ccc1-2. The van der Waals surface area contributed by atoms with Gasteiger partial charge in [-0.15, -0.1) is 17.7 Å². The van der Waals surface area contributed by atoms with E-state index in [4.69, 9.17) is 6.42 Å². The molecule has 1 nitrogen and oxygen atoms in total. The summed E-state index contributed by atoms with van der Waals surface area (Å²) < 4.78 is 0. The van der Waals surface area contributed by atoms with Gasteiger partial charge < -0.3 is 11.3 Å². The fourth-order valence-corrected chi connectivity index (χ4v) is 4.54. The quantitative estimate of drug-likeness (QED) is 0.263. The zero-order valence-corrected chi connectivity index (χ0v) is 17.2. The summed E-state index contributed by atoms with van der Waals surface area (Å²) in [5.74, 6) is 2.54. The van der Waals surface area contributed by atoms with Gasteiger partial charge in [-0.1, -0.05) is 62.4 Å². The van der Waals surface area contributed by atoms with Gasteiger partial charge in [-0.05, 0) is 58.7 Å². The zero-order chi connectivity index (χ0) is 20.7. The largest absolute Gasteiger partial charge is 0.366 e. The molecule has 0 heterocycles. The summed E-state index contributed by atoms with van der Waals surface area (Å²) in [6.45, 7) is 4.54. The fourth-order valence-electron chi connectivity index (χ4n) is 4.54. The molecular weight excluding hydrogens is 362 g/mol. The van der Waals surface area contributed by atoms with E-state index in [0.717, 1.165) is 22.6 Å². The molecule has 5 rings (SSSR count). The average Bonchev–Trinajstić information content (AvgIpc) is 3.02. The highest BCUT2D eigenvalue weighted by Gasteiger charge is 2.35. The summed E-state index contributed by atoms with van der Waals surface area (Å²) in [4.78, 5) is 2.30. The molecule has 1 aliphatic rings. The minimum atomic E-state index is -0.132. The molecule has 0 fully saturated rings. The number of hydrogen-bond donors (Lipinski definition) is 0. The molecule has 0 aliphatic heterocycles. The van der Waals surface area contributed by atoms with Crippen molar-refractivity contribution < 1.29 is 0 Å². The number of benzene rings is 4. The Morgan fingerprint density at radius 2 is 1.17 bits per heavy atom. The number of anilines is 3. The Morgan fingerprint density at radius 1 is 0.633 bits per heavy atom.